The molecule has 0 bridgehead atoms. The van der Waals surface area contributed by atoms with Crippen LogP contribution in [0.5, 0.6) is 5.75 Å². The first-order chi connectivity index (χ1) is 9.33. The molecule has 1 aliphatic rings. The van der Waals surface area contributed by atoms with Gasteiger partial charge in [-0.3, -0.25) is 0 Å². The molecule has 0 heterocycles. The van der Waals surface area contributed by atoms with Crippen LogP contribution in [-0.4, -0.2) is 13.4 Å². The average Bonchev–Trinajstić information content (AvgIpc) is 2.85. The lowest BCUT2D eigenvalue weighted by Gasteiger charge is -2.16. The second kappa shape index (κ2) is 4.88. The fourth-order valence-electron chi connectivity index (χ4n) is 2.99. The van der Waals surface area contributed by atoms with E-state index in [1.54, 1.807) is 7.11 Å². The van der Waals surface area contributed by atoms with Crippen molar-refractivity contribution in [2.24, 2.45) is 5.92 Å². The summed E-state index contributed by atoms with van der Waals surface area (Å²) in [7, 11) is 1.67. The highest BCUT2D eigenvalue weighted by Gasteiger charge is 2.33. The first-order valence-electron chi connectivity index (χ1n) is 6.50. The number of rotatable bonds is 3. The van der Waals surface area contributed by atoms with Crippen LogP contribution in [0.1, 0.15) is 22.6 Å². The number of hydrogen-bond acceptors (Lipinski definition) is 2. The zero-order valence-corrected chi connectivity index (χ0v) is 10.9. The summed E-state index contributed by atoms with van der Waals surface area (Å²) in [6.45, 7) is 0. The second-order valence-corrected chi connectivity index (χ2v) is 4.96. The number of benzene rings is 2. The van der Waals surface area contributed by atoms with E-state index in [0.717, 1.165) is 18.5 Å². The molecule has 0 saturated carbocycles. The van der Waals surface area contributed by atoms with Gasteiger partial charge in [0.05, 0.1) is 7.11 Å². The molecule has 2 atom stereocenters. The lowest BCUT2D eigenvalue weighted by molar-refractivity contribution is -0.111. The Kier molecular flexibility index (Phi) is 3.08. The van der Waals surface area contributed by atoms with Crippen LogP contribution in [0, 0.1) is 5.92 Å². The summed E-state index contributed by atoms with van der Waals surface area (Å²) in [5.74, 6) is 1.04. The van der Waals surface area contributed by atoms with Crippen molar-refractivity contribution in [3.63, 3.8) is 0 Å². The van der Waals surface area contributed by atoms with Crippen molar-refractivity contribution in [3.8, 4) is 5.75 Å². The molecule has 0 amide bonds. The highest BCUT2D eigenvalue weighted by atomic mass is 16.5. The maximum absolute atomic E-state index is 11.4. The lowest BCUT2D eigenvalue weighted by atomic mass is 9.87. The summed E-state index contributed by atoms with van der Waals surface area (Å²) < 4.78 is 5.30. The molecule has 2 aromatic carbocycles. The van der Waals surface area contributed by atoms with E-state index in [2.05, 4.69) is 24.3 Å². The summed E-state index contributed by atoms with van der Waals surface area (Å²) in [5, 5.41) is 0. The minimum absolute atomic E-state index is 0.0320. The predicted molar refractivity (Wildman–Crippen MR) is 74.5 cm³/mol. The number of methoxy groups -OCH3 is 1. The molecule has 96 valence electrons. The van der Waals surface area contributed by atoms with Crippen molar-refractivity contribution < 1.29 is 9.53 Å². The maximum Gasteiger partial charge on any atom is 0.124 e. The van der Waals surface area contributed by atoms with Gasteiger partial charge in [0, 0.05) is 11.8 Å². The molecule has 19 heavy (non-hydrogen) atoms. The second-order valence-electron chi connectivity index (χ2n) is 4.96. The Morgan fingerprint density at radius 2 is 1.95 bits per heavy atom. The molecule has 2 nitrogen and oxygen atoms in total. The summed E-state index contributed by atoms with van der Waals surface area (Å²) in [6, 6.07) is 16.3. The normalized spacial score (nSPS) is 20.9. The smallest absolute Gasteiger partial charge is 0.124 e. The third-order valence-corrected chi connectivity index (χ3v) is 3.91. The molecular weight excluding hydrogens is 236 g/mol. The van der Waals surface area contributed by atoms with Gasteiger partial charge in [-0.1, -0.05) is 36.4 Å². The van der Waals surface area contributed by atoms with Crippen LogP contribution in [0.2, 0.25) is 0 Å². The van der Waals surface area contributed by atoms with Crippen LogP contribution in [0.4, 0.5) is 0 Å². The fraction of sp³-hybridized carbons (Fsp3) is 0.235. The number of fused-ring (bicyclic) bond motifs is 1. The highest BCUT2D eigenvalue weighted by Crippen LogP contribution is 2.42. The third-order valence-electron chi connectivity index (χ3n) is 3.91. The van der Waals surface area contributed by atoms with Crippen molar-refractivity contribution >= 4 is 6.29 Å². The SMILES string of the molecule is COc1ccc2c(c1)[C@H](c1ccccc1)C(C=O)C2. The molecule has 0 radical (unpaired) electrons. The summed E-state index contributed by atoms with van der Waals surface area (Å²) >= 11 is 0. The number of carbonyl (C=O) groups is 1. The molecule has 0 aromatic heterocycles. The molecule has 1 unspecified atom stereocenters. The molecule has 0 saturated heterocycles. The number of aldehydes is 1. The van der Waals surface area contributed by atoms with Crippen molar-refractivity contribution in [2.45, 2.75) is 12.3 Å². The summed E-state index contributed by atoms with van der Waals surface area (Å²) in [6.07, 6.45) is 1.91. The highest BCUT2D eigenvalue weighted by molar-refractivity contribution is 5.63. The van der Waals surface area contributed by atoms with Gasteiger partial charge >= 0.3 is 0 Å². The summed E-state index contributed by atoms with van der Waals surface area (Å²) in [5.41, 5.74) is 3.68. The lowest BCUT2D eigenvalue weighted by Crippen LogP contribution is -2.10. The Labute approximate surface area is 113 Å². The minimum Gasteiger partial charge on any atom is -0.497 e. The predicted octanol–water partition coefficient (Wildman–Crippen LogP) is 3.20. The van der Waals surface area contributed by atoms with Crippen LogP contribution in [-0.2, 0) is 11.2 Å². The fourth-order valence-corrected chi connectivity index (χ4v) is 2.99. The van der Waals surface area contributed by atoms with E-state index < -0.39 is 0 Å². The first kappa shape index (κ1) is 12.0. The van der Waals surface area contributed by atoms with E-state index in [0.29, 0.717) is 0 Å². The Morgan fingerprint density at radius 3 is 2.63 bits per heavy atom. The zero-order valence-electron chi connectivity index (χ0n) is 10.9. The standard InChI is InChI=1S/C17H16O2/c1-19-15-8-7-13-9-14(11-18)17(16(13)10-15)12-5-3-2-4-6-12/h2-8,10-11,14,17H,9H2,1H3/t14?,17-/m1/s1. The molecule has 0 N–H and O–H groups in total. The quantitative estimate of drug-likeness (QED) is 0.784. The molecule has 0 fully saturated rings. The van der Waals surface area contributed by atoms with Gasteiger partial charge in [0.25, 0.3) is 0 Å². The Hall–Kier alpha value is -2.09. The van der Waals surface area contributed by atoms with Crippen molar-refractivity contribution in [1.82, 2.24) is 0 Å². The molecular formula is C17H16O2. The van der Waals surface area contributed by atoms with E-state index in [-0.39, 0.29) is 11.8 Å². The van der Waals surface area contributed by atoms with Gasteiger partial charge in [-0.05, 0) is 35.2 Å². The van der Waals surface area contributed by atoms with Crippen molar-refractivity contribution in [1.29, 1.82) is 0 Å². The minimum atomic E-state index is 0.0320. The van der Waals surface area contributed by atoms with Gasteiger partial charge < -0.3 is 9.53 Å². The molecule has 3 rings (SSSR count). The van der Waals surface area contributed by atoms with Gasteiger partial charge in [0.15, 0.2) is 0 Å². The van der Waals surface area contributed by atoms with E-state index in [4.69, 9.17) is 4.74 Å². The van der Waals surface area contributed by atoms with Gasteiger partial charge in [-0.15, -0.1) is 0 Å². The van der Waals surface area contributed by atoms with Crippen molar-refractivity contribution in [2.75, 3.05) is 7.11 Å². The van der Waals surface area contributed by atoms with E-state index in [1.807, 2.05) is 24.3 Å². The zero-order chi connectivity index (χ0) is 13.2. The van der Waals surface area contributed by atoms with Crippen LogP contribution in [0.3, 0.4) is 0 Å². The van der Waals surface area contributed by atoms with Crippen LogP contribution in [0.15, 0.2) is 48.5 Å². The van der Waals surface area contributed by atoms with Gasteiger partial charge in [-0.2, -0.15) is 0 Å². The Morgan fingerprint density at radius 1 is 1.16 bits per heavy atom. The number of hydrogen-bond donors (Lipinski definition) is 0. The Bertz CT molecular complexity index is 589. The van der Waals surface area contributed by atoms with E-state index >= 15 is 0 Å². The van der Waals surface area contributed by atoms with Gasteiger partial charge in [0.2, 0.25) is 0 Å². The monoisotopic (exact) mass is 252 g/mol. The van der Waals surface area contributed by atoms with E-state index in [9.17, 15) is 4.79 Å². The van der Waals surface area contributed by atoms with Gasteiger partial charge in [0.1, 0.15) is 12.0 Å². The van der Waals surface area contributed by atoms with Crippen LogP contribution < -0.4 is 4.74 Å². The molecule has 1 aliphatic carbocycles. The molecule has 2 heteroatoms. The third kappa shape index (κ3) is 2.03. The van der Waals surface area contributed by atoms with E-state index in [1.165, 1.54) is 16.7 Å². The largest absolute Gasteiger partial charge is 0.497 e. The molecule has 0 aliphatic heterocycles. The van der Waals surface area contributed by atoms with Crippen LogP contribution >= 0.6 is 0 Å². The Balaban J connectivity index is 2.10. The molecule has 2 aromatic rings. The topological polar surface area (TPSA) is 26.3 Å². The first-order valence-corrected chi connectivity index (χ1v) is 6.50. The number of ether oxygens (including phenoxy) is 1. The number of carbonyl (C=O) groups excluding carboxylic acids is 1. The van der Waals surface area contributed by atoms with Crippen LogP contribution in [0.25, 0.3) is 0 Å². The van der Waals surface area contributed by atoms with Crippen molar-refractivity contribution in [3.05, 3.63) is 65.2 Å². The average molecular weight is 252 g/mol. The maximum atomic E-state index is 11.4. The van der Waals surface area contributed by atoms with Gasteiger partial charge in [-0.25, -0.2) is 0 Å². The molecule has 0 spiro atoms. The summed E-state index contributed by atoms with van der Waals surface area (Å²) in [4.78, 5) is 11.4.